The van der Waals surface area contributed by atoms with Crippen LogP contribution in [0.3, 0.4) is 0 Å². The van der Waals surface area contributed by atoms with Gasteiger partial charge < -0.3 is 16.4 Å². The molecule has 0 radical (unpaired) electrons. The van der Waals surface area contributed by atoms with Crippen molar-refractivity contribution < 1.29 is 9.59 Å². The Hall–Kier alpha value is -4.42. The number of anilines is 2. The van der Waals surface area contributed by atoms with Crippen molar-refractivity contribution in [3.05, 3.63) is 66.5 Å². The molecular formula is C30H37ClN10O2. The Morgan fingerprint density at radius 1 is 0.930 bits per heavy atom. The molecule has 43 heavy (non-hydrogen) atoms. The summed E-state index contributed by atoms with van der Waals surface area (Å²) in [5.74, 6) is 0.610. The van der Waals surface area contributed by atoms with Crippen LogP contribution in [0, 0.1) is 11.8 Å². The fourth-order valence-corrected chi connectivity index (χ4v) is 5.43. The molecule has 2 heterocycles. The fourth-order valence-electron chi connectivity index (χ4n) is 5.43. The molecule has 2 aromatic carbocycles. The van der Waals surface area contributed by atoms with E-state index in [2.05, 4.69) is 30.6 Å². The van der Waals surface area contributed by atoms with E-state index in [0.717, 1.165) is 47.9 Å². The van der Waals surface area contributed by atoms with Crippen LogP contribution in [-0.4, -0.2) is 69.1 Å². The Kier molecular flexibility index (Phi) is 10.4. The maximum atomic E-state index is 14.1. The molecule has 1 saturated carbocycles. The highest BCUT2D eigenvalue weighted by Gasteiger charge is 2.36. The number of H-pyrrole nitrogens is 1. The molecule has 0 spiro atoms. The second-order valence-electron chi connectivity index (χ2n) is 10.9. The van der Waals surface area contributed by atoms with Crippen LogP contribution >= 0.6 is 12.4 Å². The quantitative estimate of drug-likeness (QED) is 0.246. The first-order valence-electron chi connectivity index (χ1n) is 14.1. The molecule has 12 nitrogen and oxygen atoms in total. The van der Waals surface area contributed by atoms with Gasteiger partial charge in [-0.15, -0.1) is 22.6 Å². The van der Waals surface area contributed by atoms with Crippen LogP contribution in [0.4, 0.5) is 11.6 Å². The Morgan fingerprint density at radius 2 is 1.56 bits per heavy atom. The van der Waals surface area contributed by atoms with Crippen LogP contribution in [-0.2, 0) is 16.0 Å². The number of primary amides is 1. The van der Waals surface area contributed by atoms with E-state index in [0.29, 0.717) is 29.9 Å². The number of aromatic nitrogens is 6. The first-order chi connectivity index (χ1) is 20.3. The highest BCUT2D eigenvalue weighted by atomic mass is 35.5. The van der Waals surface area contributed by atoms with Gasteiger partial charge in [0.15, 0.2) is 0 Å². The standard InChI is InChI=1S/C30H36N10O2.ClH/c1-39(2)30-33-17-24(18-34-30)21-7-3-19(4-8-21)15-26(27(32)41)40(29(42)23-9-5-20(16-31)6-10-23)25-13-11-22(12-14-25)28-35-37-38-36-28;/h3-4,7-8,11-14,17-18,20,23,26H,5-6,9-10,15-16,31H2,1-2H3,(H2,32,41)(H,35,36,37,38);1H/t20?,23?,26-;/m0./s1. The normalized spacial score (nSPS) is 17.0. The van der Waals surface area contributed by atoms with E-state index in [1.807, 2.05) is 55.4 Å². The maximum absolute atomic E-state index is 14.1. The number of carbonyl (C=O) groups excluding carboxylic acids is 2. The number of nitrogens with one attached hydrogen (secondary N) is 1. The molecule has 13 heteroatoms. The van der Waals surface area contributed by atoms with Crippen LogP contribution in [0.25, 0.3) is 22.5 Å². The van der Waals surface area contributed by atoms with E-state index >= 15 is 0 Å². The van der Waals surface area contributed by atoms with Crippen LogP contribution in [0.2, 0.25) is 0 Å². The lowest BCUT2D eigenvalue weighted by Crippen LogP contribution is -2.52. The van der Waals surface area contributed by atoms with Gasteiger partial charge in [0.05, 0.1) is 0 Å². The van der Waals surface area contributed by atoms with E-state index in [1.54, 1.807) is 29.4 Å². The first-order valence-corrected chi connectivity index (χ1v) is 14.1. The highest BCUT2D eigenvalue weighted by molar-refractivity contribution is 6.01. The van der Waals surface area contributed by atoms with Gasteiger partial charge in [-0.3, -0.25) is 14.5 Å². The minimum atomic E-state index is -0.880. The Morgan fingerprint density at radius 3 is 2.09 bits per heavy atom. The Labute approximate surface area is 256 Å². The van der Waals surface area contributed by atoms with E-state index in [-0.39, 0.29) is 30.7 Å². The lowest BCUT2D eigenvalue weighted by atomic mass is 9.81. The van der Waals surface area contributed by atoms with Gasteiger partial charge in [0, 0.05) is 55.6 Å². The predicted molar refractivity (Wildman–Crippen MR) is 167 cm³/mol. The summed E-state index contributed by atoms with van der Waals surface area (Å²) in [5, 5.41) is 14.1. The number of nitrogens with two attached hydrogens (primary N) is 2. The molecule has 1 atom stereocenters. The summed E-state index contributed by atoms with van der Waals surface area (Å²) < 4.78 is 0. The van der Waals surface area contributed by atoms with Crippen molar-refractivity contribution in [1.82, 2.24) is 30.6 Å². The van der Waals surface area contributed by atoms with E-state index in [4.69, 9.17) is 11.5 Å². The van der Waals surface area contributed by atoms with Crippen molar-refractivity contribution in [2.75, 3.05) is 30.4 Å². The zero-order chi connectivity index (χ0) is 29.6. The van der Waals surface area contributed by atoms with E-state index in [9.17, 15) is 9.59 Å². The van der Waals surface area contributed by atoms with Gasteiger partial charge in [-0.2, -0.15) is 5.21 Å². The zero-order valence-electron chi connectivity index (χ0n) is 24.3. The molecule has 5 N–H and O–H groups in total. The summed E-state index contributed by atoms with van der Waals surface area (Å²) in [7, 11) is 3.78. The molecule has 1 aliphatic carbocycles. The molecule has 5 rings (SSSR count). The minimum absolute atomic E-state index is 0. The third-order valence-corrected chi connectivity index (χ3v) is 7.91. The smallest absolute Gasteiger partial charge is 0.240 e. The van der Waals surface area contributed by atoms with E-state index < -0.39 is 11.9 Å². The molecule has 1 aliphatic rings. The molecule has 0 unspecified atom stereocenters. The van der Waals surface area contributed by atoms with Crippen molar-refractivity contribution in [1.29, 1.82) is 0 Å². The fraction of sp³-hybridized carbons (Fsp3) is 0.367. The van der Waals surface area contributed by atoms with Crippen molar-refractivity contribution in [3.63, 3.8) is 0 Å². The molecule has 2 amide bonds. The highest BCUT2D eigenvalue weighted by Crippen LogP contribution is 2.33. The van der Waals surface area contributed by atoms with Crippen molar-refractivity contribution in [2.24, 2.45) is 23.3 Å². The van der Waals surface area contributed by atoms with Crippen LogP contribution < -0.4 is 21.3 Å². The number of hydrogen-bond donors (Lipinski definition) is 3. The van der Waals surface area contributed by atoms with Gasteiger partial charge in [-0.25, -0.2) is 9.97 Å². The first kappa shape index (κ1) is 31.5. The number of benzene rings is 2. The zero-order valence-corrected chi connectivity index (χ0v) is 25.1. The van der Waals surface area contributed by atoms with Crippen molar-refractivity contribution in [2.45, 2.75) is 38.1 Å². The lowest BCUT2D eigenvalue weighted by molar-refractivity contribution is -0.127. The largest absolute Gasteiger partial charge is 0.368 e. The van der Waals surface area contributed by atoms with Gasteiger partial charge in [0.1, 0.15) is 6.04 Å². The summed E-state index contributed by atoms with van der Waals surface area (Å²) in [6.45, 7) is 0.619. The number of tetrazole rings is 1. The molecule has 1 fully saturated rings. The molecular weight excluding hydrogens is 568 g/mol. The average molecular weight is 605 g/mol. The number of hydrogen-bond acceptors (Lipinski definition) is 9. The number of carbonyl (C=O) groups is 2. The average Bonchev–Trinajstić information content (AvgIpc) is 3.57. The molecule has 0 aliphatic heterocycles. The van der Waals surface area contributed by atoms with Gasteiger partial charge in [-0.1, -0.05) is 24.3 Å². The van der Waals surface area contributed by atoms with Gasteiger partial charge in [-0.05, 0) is 78.8 Å². The van der Waals surface area contributed by atoms with Crippen molar-refractivity contribution >= 4 is 35.9 Å². The summed E-state index contributed by atoms with van der Waals surface area (Å²) in [6, 6.07) is 14.1. The number of rotatable bonds is 10. The Bertz CT molecular complexity index is 1470. The molecule has 0 bridgehead atoms. The molecule has 226 valence electrons. The molecule has 0 saturated heterocycles. The summed E-state index contributed by atoms with van der Waals surface area (Å²) >= 11 is 0. The Balaban J connectivity index is 0.00000423. The second kappa shape index (κ2) is 14.2. The topological polar surface area (TPSA) is 173 Å². The predicted octanol–water partition coefficient (Wildman–Crippen LogP) is 3.01. The van der Waals surface area contributed by atoms with Gasteiger partial charge >= 0.3 is 0 Å². The van der Waals surface area contributed by atoms with Gasteiger partial charge in [0.2, 0.25) is 23.6 Å². The van der Waals surface area contributed by atoms with Crippen LogP contribution in [0.1, 0.15) is 31.2 Å². The number of nitrogens with zero attached hydrogens (tertiary/aromatic N) is 7. The SMILES string of the molecule is CN(C)c1ncc(-c2ccc(C[C@@H](C(N)=O)N(C(=O)C3CCC(CN)CC3)c3ccc(-c4nn[nH]n4)cc3)cc2)cn1.Cl. The third kappa shape index (κ3) is 7.33. The number of aromatic amines is 1. The molecule has 4 aromatic rings. The molecule has 2 aromatic heterocycles. The number of halogens is 1. The van der Waals surface area contributed by atoms with Crippen molar-refractivity contribution in [3.8, 4) is 22.5 Å². The lowest BCUT2D eigenvalue weighted by Gasteiger charge is -2.35. The summed E-state index contributed by atoms with van der Waals surface area (Å²) in [6.07, 6.45) is 7.06. The second-order valence-corrected chi connectivity index (χ2v) is 10.9. The van der Waals surface area contributed by atoms with Gasteiger partial charge in [0.25, 0.3) is 0 Å². The maximum Gasteiger partial charge on any atom is 0.240 e. The minimum Gasteiger partial charge on any atom is -0.368 e. The third-order valence-electron chi connectivity index (χ3n) is 7.91. The monoisotopic (exact) mass is 604 g/mol. The summed E-state index contributed by atoms with van der Waals surface area (Å²) in [5.41, 5.74) is 15.9. The van der Waals surface area contributed by atoms with E-state index in [1.165, 1.54) is 0 Å². The number of amides is 2. The van der Waals surface area contributed by atoms with Crippen LogP contribution in [0.5, 0.6) is 0 Å². The summed E-state index contributed by atoms with van der Waals surface area (Å²) in [4.78, 5) is 39.3. The van der Waals surface area contributed by atoms with Crippen LogP contribution in [0.15, 0.2) is 60.9 Å².